The third-order valence-corrected chi connectivity index (χ3v) is 3.06. The van der Waals surface area contributed by atoms with Gasteiger partial charge in [-0.15, -0.1) is 0 Å². The first-order valence-corrected chi connectivity index (χ1v) is 5.62. The Morgan fingerprint density at radius 2 is 1.87 bits per heavy atom. The van der Waals surface area contributed by atoms with Crippen molar-refractivity contribution in [3.63, 3.8) is 0 Å². The second kappa shape index (κ2) is 7.65. The van der Waals surface area contributed by atoms with Gasteiger partial charge in [0.15, 0.2) is 0 Å². The van der Waals surface area contributed by atoms with Crippen LogP contribution in [0, 0.1) is 5.41 Å². The second-order valence-corrected chi connectivity index (χ2v) is 3.97. The Labute approximate surface area is 91.7 Å². The summed E-state index contributed by atoms with van der Waals surface area (Å²) in [7, 11) is 0. The number of aliphatic hydroxyl groups is 2. The number of hydrogen-bond acceptors (Lipinski definition) is 3. The molecular formula is C11H23NO3. The van der Waals surface area contributed by atoms with Gasteiger partial charge in [0.1, 0.15) is 0 Å². The van der Waals surface area contributed by atoms with Crippen LogP contribution in [0.4, 0.5) is 0 Å². The number of aliphatic hydroxyl groups excluding tert-OH is 2. The van der Waals surface area contributed by atoms with Crippen LogP contribution in [0.15, 0.2) is 0 Å². The van der Waals surface area contributed by atoms with Crippen molar-refractivity contribution in [1.29, 1.82) is 0 Å². The minimum Gasteiger partial charge on any atom is -0.396 e. The normalized spacial score (nSPS) is 11.5. The summed E-state index contributed by atoms with van der Waals surface area (Å²) in [5.74, 6) is -0.0521. The van der Waals surface area contributed by atoms with E-state index in [0.717, 1.165) is 12.8 Å². The molecule has 0 radical (unpaired) electrons. The Balaban J connectivity index is 3.93. The molecule has 1 amide bonds. The summed E-state index contributed by atoms with van der Waals surface area (Å²) < 4.78 is 0. The molecular weight excluding hydrogens is 194 g/mol. The Bertz CT molecular complexity index is 170. The standard InChI is InChI=1S/C11H23NO3/c1-3-11(4-2,9-14)8-12-10(15)6-5-7-13/h13-14H,3-9H2,1-2H3,(H,12,15). The van der Waals surface area contributed by atoms with Gasteiger partial charge in [-0.3, -0.25) is 4.79 Å². The van der Waals surface area contributed by atoms with Gasteiger partial charge in [0, 0.05) is 25.0 Å². The van der Waals surface area contributed by atoms with Crippen molar-refractivity contribution in [3.05, 3.63) is 0 Å². The summed E-state index contributed by atoms with van der Waals surface area (Å²) in [5, 5.41) is 20.6. The van der Waals surface area contributed by atoms with Crippen LogP contribution < -0.4 is 5.32 Å². The van der Waals surface area contributed by atoms with Crippen molar-refractivity contribution in [3.8, 4) is 0 Å². The van der Waals surface area contributed by atoms with Crippen molar-refractivity contribution in [2.75, 3.05) is 19.8 Å². The average Bonchev–Trinajstić information content (AvgIpc) is 2.29. The van der Waals surface area contributed by atoms with Gasteiger partial charge in [0.2, 0.25) is 5.91 Å². The van der Waals surface area contributed by atoms with Gasteiger partial charge < -0.3 is 15.5 Å². The number of carbonyl (C=O) groups excluding carboxylic acids is 1. The van der Waals surface area contributed by atoms with Crippen molar-refractivity contribution in [2.45, 2.75) is 39.5 Å². The van der Waals surface area contributed by atoms with Crippen LogP contribution in [0.2, 0.25) is 0 Å². The molecule has 0 spiro atoms. The number of amides is 1. The van der Waals surface area contributed by atoms with E-state index in [0.29, 0.717) is 19.4 Å². The molecule has 0 rings (SSSR count). The molecule has 0 unspecified atom stereocenters. The second-order valence-electron chi connectivity index (χ2n) is 3.97. The minimum absolute atomic E-state index is 0.0418. The Morgan fingerprint density at radius 3 is 2.27 bits per heavy atom. The summed E-state index contributed by atoms with van der Waals surface area (Å²) in [5.41, 5.74) is -0.186. The molecule has 0 atom stereocenters. The molecule has 15 heavy (non-hydrogen) atoms. The van der Waals surface area contributed by atoms with E-state index in [2.05, 4.69) is 5.32 Å². The monoisotopic (exact) mass is 217 g/mol. The van der Waals surface area contributed by atoms with Gasteiger partial charge in [-0.2, -0.15) is 0 Å². The smallest absolute Gasteiger partial charge is 0.220 e. The molecule has 4 nitrogen and oxygen atoms in total. The minimum atomic E-state index is -0.186. The zero-order valence-electron chi connectivity index (χ0n) is 9.75. The van der Waals surface area contributed by atoms with Crippen molar-refractivity contribution in [2.24, 2.45) is 5.41 Å². The highest BCUT2D eigenvalue weighted by molar-refractivity contribution is 5.75. The molecule has 0 heterocycles. The largest absolute Gasteiger partial charge is 0.396 e. The first-order chi connectivity index (χ1) is 7.14. The van der Waals surface area contributed by atoms with E-state index in [1.807, 2.05) is 13.8 Å². The van der Waals surface area contributed by atoms with Crippen LogP contribution in [0.25, 0.3) is 0 Å². The molecule has 90 valence electrons. The molecule has 0 bridgehead atoms. The van der Waals surface area contributed by atoms with E-state index in [1.54, 1.807) is 0 Å². The zero-order valence-corrected chi connectivity index (χ0v) is 9.75. The maximum Gasteiger partial charge on any atom is 0.220 e. The lowest BCUT2D eigenvalue weighted by Crippen LogP contribution is -2.39. The molecule has 0 aliphatic heterocycles. The van der Waals surface area contributed by atoms with Gasteiger partial charge in [0.25, 0.3) is 0 Å². The van der Waals surface area contributed by atoms with Crippen molar-refractivity contribution >= 4 is 5.91 Å². The highest BCUT2D eigenvalue weighted by atomic mass is 16.3. The quantitative estimate of drug-likeness (QED) is 0.560. The predicted molar refractivity (Wildman–Crippen MR) is 59.4 cm³/mol. The molecule has 4 heteroatoms. The van der Waals surface area contributed by atoms with Crippen LogP contribution in [0.5, 0.6) is 0 Å². The van der Waals surface area contributed by atoms with Gasteiger partial charge in [0.05, 0.1) is 6.61 Å². The van der Waals surface area contributed by atoms with E-state index in [4.69, 9.17) is 5.11 Å². The van der Waals surface area contributed by atoms with Crippen LogP contribution in [0.3, 0.4) is 0 Å². The average molecular weight is 217 g/mol. The summed E-state index contributed by atoms with van der Waals surface area (Å²) in [6.45, 7) is 4.68. The Kier molecular flexibility index (Phi) is 7.34. The Hall–Kier alpha value is -0.610. The van der Waals surface area contributed by atoms with E-state index in [9.17, 15) is 9.90 Å². The summed E-state index contributed by atoms with van der Waals surface area (Å²) in [6.07, 6.45) is 2.54. The summed E-state index contributed by atoms with van der Waals surface area (Å²) >= 11 is 0. The lowest BCUT2D eigenvalue weighted by Gasteiger charge is -2.29. The first-order valence-electron chi connectivity index (χ1n) is 5.62. The number of nitrogens with one attached hydrogen (secondary N) is 1. The highest BCUT2D eigenvalue weighted by Gasteiger charge is 2.25. The van der Waals surface area contributed by atoms with E-state index in [1.165, 1.54) is 0 Å². The van der Waals surface area contributed by atoms with Gasteiger partial charge in [-0.1, -0.05) is 13.8 Å². The SMILES string of the molecule is CCC(CC)(CO)CNC(=O)CCCO. The summed E-state index contributed by atoms with van der Waals surface area (Å²) in [4.78, 5) is 11.3. The molecule has 3 N–H and O–H groups in total. The van der Waals surface area contributed by atoms with Crippen LogP contribution in [0.1, 0.15) is 39.5 Å². The maximum absolute atomic E-state index is 11.3. The third kappa shape index (κ3) is 5.14. The fourth-order valence-corrected chi connectivity index (χ4v) is 1.39. The number of rotatable bonds is 8. The van der Waals surface area contributed by atoms with E-state index in [-0.39, 0.29) is 24.5 Å². The predicted octanol–water partition coefficient (Wildman–Crippen LogP) is 0.674. The summed E-state index contributed by atoms with van der Waals surface area (Å²) in [6, 6.07) is 0. The van der Waals surface area contributed by atoms with Crippen molar-refractivity contribution < 1.29 is 15.0 Å². The topological polar surface area (TPSA) is 69.6 Å². The zero-order chi connectivity index (χ0) is 11.7. The third-order valence-electron chi connectivity index (χ3n) is 3.06. The first kappa shape index (κ1) is 14.4. The molecule has 0 aliphatic carbocycles. The Morgan fingerprint density at radius 1 is 1.27 bits per heavy atom. The van der Waals surface area contributed by atoms with Crippen LogP contribution in [-0.4, -0.2) is 35.9 Å². The molecule has 0 aromatic carbocycles. The van der Waals surface area contributed by atoms with E-state index < -0.39 is 0 Å². The molecule has 0 saturated heterocycles. The lowest BCUT2D eigenvalue weighted by molar-refractivity contribution is -0.122. The van der Waals surface area contributed by atoms with Crippen LogP contribution in [-0.2, 0) is 4.79 Å². The van der Waals surface area contributed by atoms with Gasteiger partial charge in [-0.05, 0) is 19.3 Å². The maximum atomic E-state index is 11.3. The molecule has 0 aromatic heterocycles. The van der Waals surface area contributed by atoms with Gasteiger partial charge in [-0.25, -0.2) is 0 Å². The van der Waals surface area contributed by atoms with Crippen molar-refractivity contribution in [1.82, 2.24) is 5.32 Å². The number of hydrogen-bond donors (Lipinski definition) is 3. The molecule has 0 saturated carbocycles. The van der Waals surface area contributed by atoms with Crippen LogP contribution >= 0.6 is 0 Å². The van der Waals surface area contributed by atoms with Gasteiger partial charge >= 0.3 is 0 Å². The fraction of sp³-hybridized carbons (Fsp3) is 0.909. The molecule has 0 fully saturated rings. The fourth-order valence-electron chi connectivity index (χ4n) is 1.39. The number of carbonyl (C=O) groups is 1. The molecule has 0 aromatic rings. The molecule has 0 aliphatic rings. The highest BCUT2D eigenvalue weighted by Crippen LogP contribution is 2.24. The lowest BCUT2D eigenvalue weighted by atomic mass is 9.83. The van der Waals surface area contributed by atoms with E-state index >= 15 is 0 Å².